The minimum atomic E-state index is -0.372. The summed E-state index contributed by atoms with van der Waals surface area (Å²) >= 11 is 2.93. The summed E-state index contributed by atoms with van der Waals surface area (Å²) in [6.07, 6.45) is 3.96. The van der Waals surface area contributed by atoms with Crippen LogP contribution in [0.25, 0.3) is 0 Å². The van der Waals surface area contributed by atoms with Crippen LogP contribution in [0.4, 0.5) is 10.8 Å². The van der Waals surface area contributed by atoms with Crippen LogP contribution in [0.15, 0.2) is 29.2 Å². The van der Waals surface area contributed by atoms with Crippen molar-refractivity contribution in [2.24, 2.45) is 0 Å². The van der Waals surface area contributed by atoms with Crippen molar-refractivity contribution < 1.29 is 14.8 Å². The van der Waals surface area contributed by atoms with Crippen molar-refractivity contribution in [3.8, 4) is 0 Å². The number of anilines is 2. The van der Waals surface area contributed by atoms with Gasteiger partial charge in [-0.2, -0.15) is 0 Å². The molecule has 0 unspecified atom stereocenters. The van der Waals surface area contributed by atoms with Crippen LogP contribution in [0.5, 0.6) is 0 Å². The molecule has 0 saturated carbocycles. The first-order valence-corrected chi connectivity index (χ1v) is 10.3. The van der Waals surface area contributed by atoms with Crippen LogP contribution in [0.1, 0.15) is 43.5 Å². The fourth-order valence-electron chi connectivity index (χ4n) is 2.25. The number of carbonyl (C=O) groups excluding carboxylic acids is 2. The molecule has 2 amide bonds. The van der Waals surface area contributed by atoms with E-state index in [1.54, 1.807) is 5.48 Å². The molecular formula is C17H23N5O3S2. The number of benzene rings is 1. The second kappa shape index (κ2) is 11.5. The van der Waals surface area contributed by atoms with Crippen LogP contribution in [-0.4, -0.2) is 27.2 Å². The van der Waals surface area contributed by atoms with Gasteiger partial charge < -0.3 is 10.0 Å². The summed E-state index contributed by atoms with van der Waals surface area (Å²) in [5, 5.41) is 20.9. The summed E-state index contributed by atoms with van der Waals surface area (Å²) in [5.74, 6) is -0.394. The zero-order valence-electron chi connectivity index (χ0n) is 15.0. The van der Waals surface area contributed by atoms with Crippen LogP contribution < -0.4 is 15.5 Å². The van der Waals surface area contributed by atoms with Gasteiger partial charge in [-0.25, -0.2) is 5.48 Å². The second-order valence-corrected chi connectivity index (χ2v) is 7.91. The predicted molar refractivity (Wildman–Crippen MR) is 107 cm³/mol. The van der Waals surface area contributed by atoms with Crippen LogP contribution in [-0.2, 0) is 9.59 Å². The van der Waals surface area contributed by atoms with Crippen molar-refractivity contribution in [1.82, 2.24) is 15.7 Å². The van der Waals surface area contributed by atoms with E-state index < -0.39 is 0 Å². The largest absolute Gasteiger partial charge is 0.326 e. The summed E-state index contributed by atoms with van der Waals surface area (Å²) < 4.78 is 3.13. The van der Waals surface area contributed by atoms with Gasteiger partial charge in [0.15, 0.2) is 0 Å². The van der Waals surface area contributed by atoms with Crippen molar-refractivity contribution in [2.75, 3.05) is 10.0 Å². The van der Waals surface area contributed by atoms with Crippen LogP contribution in [0.2, 0.25) is 0 Å². The molecule has 10 heteroatoms. The smallest absolute Gasteiger partial charge is 0.243 e. The van der Waals surface area contributed by atoms with Crippen LogP contribution in [0.3, 0.4) is 0 Å². The topological polar surface area (TPSA) is 116 Å². The van der Waals surface area contributed by atoms with E-state index >= 15 is 0 Å². The van der Waals surface area contributed by atoms with Gasteiger partial charge in [-0.3, -0.25) is 14.8 Å². The van der Waals surface area contributed by atoms with Gasteiger partial charge in [0.2, 0.25) is 16.9 Å². The minimum absolute atomic E-state index is 0.0223. The van der Waals surface area contributed by atoms with E-state index in [1.165, 1.54) is 23.3 Å². The van der Waals surface area contributed by atoms with Crippen molar-refractivity contribution in [3.05, 3.63) is 29.3 Å². The first kappa shape index (κ1) is 21.1. The molecule has 0 atom stereocenters. The number of aryl methyl sites for hydroxylation is 1. The Morgan fingerprint density at radius 2 is 1.70 bits per heavy atom. The lowest BCUT2D eigenvalue weighted by molar-refractivity contribution is -0.129. The third-order valence-electron chi connectivity index (χ3n) is 3.60. The molecule has 4 N–H and O–H groups in total. The molecule has 2 rings (SSSR count). The average Bonchev–Trinajstić information content (AvgIpc) is 3.09. The number of rotatable bonds is 11. The van der Waals surface area contributed by atoms with Gasteiger partial charge in [0, 0.05) is 23.4 Å². The fraction of sp³-hybridized carbons (Fsp3) is 0.412. The second-order valence-electron chi connectivity index (χ2n) is 5.85. The van der Waals surface area contributed by atoms with E-state index in [0.29, 0.717) is 19.3 Å². The van der Waals surface area contributed by atoms with Gasteiger partial charge in [-0.05, 0) is 56.0 Å². The highest BCUT2D eigenvalue weighted by Crippen LogP contribution is 2.24. The quantitative estimate of drug-likeness (QED) is 0.193. The van der Waals surface area contributed by atoms with Crippen LogP contribution in [0, 0.1) is 6.92 Å². The summed E-state index contributed by atoms with van der Waals surface area (Å²) in [6, 6.07) is 7.57. The zero-order valence-corrected chi connectivity index (χ0v) is 16.7. The number of hydrogen-bond donors (Lipinski definition) is 4. The molecule has 0 spiro atoms. The number of aromatic nitrogens is 2. The highest BCUT2D eigenvalue weighted by Gasteiger charge is 2.05. The lowest BCUT2D eigenvalue weighted by Gasteiger charge is -2.07. The molecule has 0 saturated heterocycles. The first-order valence-electron chi connectivity index (χ1n) is 8.62. The van der Waals surface area contributed by atoms with Gasteiger partial charge in [0.05, 0.1) is 0 Å². The molecule has 8 nitrogen and oxygen atoms in total. The molecule has 2 aromatic rings. The maximum atomic E-state index is 12.0. The maximum Gasteiger partial charge on any atom is 0.243 e. The molecule has 0 radical (unpaired) electrons. The Labute approximate surface area is 166 Å². The molecule has 0 aliphatic heterocycles. The highest BCUT2D eigenvalue weighted by atomic mass is 32.2. The molecule has 0 aliphatic rings. The van der Waals surface area contributed by atoms with Gasteiger partial charge in [0.1, 0.15) is 5.01 Å². The maximum absolute atomic E-state index is 12.0. The Kier molecular flexibility index (Phi) is 9.02. The zero-order chi connectivity index (χ0) is 19.5. The number of carbonyl (C=O) groups is 2. The van der Waals surface area contributed by atoms with Gasteiger partial charge in [-0.15, -0.1) is 10.2 Å². The van der Waals surface area contributed by atoms with E-state index in [2.05, 4.69) is 20.2 Å². The summed E-state index contributed by atoms with van der Waals surface area (Å²) in [6.45, 7) is 1.90. The molecule has 146 valence electrons. The van der Waals surface area contributed by atoms with Gasteiger partial charge in [-0.1, -0.05) is 24.2 Å². The van der Waals surface area contributed by atoms with Crippen molar-refractivity contribution in [2.45, 2.75) is 50.3 Å². The number of amides is 2. The minimum Gasteiger partial charge on any atom is -0.326 e. The summed E-state index contributed by atoms with van der Waals surface area (Å²) in [7, 11) is 0. The Bertz CT molecular complexity index is 736. The van der Waals surface area contributed by atoms with Gasteiger partial charge >= 0.3 is 0 Å². The van der Waals surface area contributed by atoms with Gasteiger partial charge in [0.25, 0.3) is 0 Å². The Morgan fingerprint density at radius 1 is 1.04 bits per heavy atom. The molecule has 1 aromatic heterocycles. The van der Waals surface area contributed by atoms with Crippen molar-refractivity contribution in [1.29, 1.82) is 0 Å². The number of unbranched alkanes of at least 4 members (excludes halogenated alkanes) is 3. The Balaban J connectivity index is 1.62. The van der Waals surface area contributed by atoms with E-state index in [-0.39, 0.29) is 11.8 Å². The van der Waals surface area contributed by atoms with Crippen molar-refractivity contribution in [3.63, 3.8) is 0 Å². The Morgan fingerprint density at radius 3 is 2.30 bits per heavy atom. The lowest BCUT2D eigenvalue weighted by atomic mass is 10.1. The molecule has 1 heterocycles. The van der Waals surface area contributed by atoms with Crippen LogP contribution >= 0.6 is 23.3 Å². The molecule has 0 aliphatic carbocycles. The normalized spacial score (nSPS) is 10.4. The lowest BCUT2D eigenvalue weighted by Crippen LogP contribution is -2.17. The molecule has 27 heavy (non-hydrogen) atoms. The standard InChI is InChI=1S/C17H23N5O3S2/c1-12-19-20-17(26-12)22-27-14-10-8-13(9-11-14)18-15(23)6-4-2-3-5-7-16(24)21-25/h8-11,25H,2-7H2,1H3,(H,18,23)(H,20,22)(H,21,24). The van der Waals surface area contributed by atoms with E-state index in [4.69, 9.17) is 5.21 Å². The third kappa shape index (κ3) is 8.37. The summed E-state index contributed by atoms with van der Waals surface area (Å²) in [4.78, 5) is 23.8. The first-order chi connectivity index (χ1) is 13.1. The number of nitrogens with one attached hydrogen (secondary N) is 3. The SMILES string of the molecule is Cc1nnc(NSc2ccc(NC(=O)CCCCCCC(=O)NO)cc2)s1. The van der Waals surface area contributed by atoms with E-state index in [0.717, 1.165) is 40.0 Å². The highest BCUT2D eigenvalue weighted by molar-refractivity contribution is 8.00. The predicted octanol–water partition coefficient (Wildman–Crippen LogP) is 3.75. The number of hydroxylamine groups is 1. The molecule has 0 fully saturated rings. The monoisotopic (exact) mass is 409 g/mol. The summed E-state index contributed by atoms with van der Waals surface area (Å²) in [5.41, 5.74) is 2.37. The Hall–Kier alpha value is -2.17. The number of nitrogens with zero attached hydrogens (tertiary/aromatic N) is 2. The molecular weight excluding hydrogens is 386 g/mol. The van der Waals surface area contributed by atoms with Crippen molar-refractivity contribution >= 4 is 45.9 Å². The average molecular weight is 410 g/mol. The molecule has 1 aromatic carbocycles. The number of hydrogen-bond acceptors (Lipinski definition) is 8. The van der Waals surface area contributed by atoms with E-state index in [9.17, 15) is 9.59 Å². The third-order valence-corrected chi connectivity index (χ3v) is 5.29. The fourth-order valence-corrected chi connectivity index (χ4v) is 3.50. The molecule has 0 bridgehead atoms. The van der Waals surface area contributed by atoms with E-state index in [1.807, 2.05) is 31.2 Å².